The zero-order chi connectivity index (χ0) is 22.9. The zero-order valence-electron chi connectivity index (χ0n) is 18.5. The minimum Gasteiger partial charge on any atom is -0.369 e. The Labute approximate surface area is 185 Å². The number of aryl methyl sites for hydroxylation is 1. The van der Waals surface area contributed by atoms with E-state index in [2.05, 4.69) is 43.4 Å². The minimum absolute atomic E-state index is 0.210. The highest BCUT2D eigenvalue weighted by atomic mass is 19.4. The van der Waals surface area contributed by atoms with Crippen molar-refractivity contribution in [3.63, 3.8) is 0 Å². The summed E-state index contributed by atoms with van der Waals surface area (Å²) in [6, 6.07) is 6.28. The second kappa shape index (κ2) is 8.90. The van der Waals surface area contributed by atoms with Gasteiger partial charge in [-0.15, -0.1) is 5.10 Å². The van der Waals surface area contributed by atoms with Crippen molar-refractivity contribution in [1.29, 1.82) is 0 Å². The topological polar surface area (TPSA) is 57.2 Å². The van der Waals surface area contributed by atoms with Crippen LogP contribution in [0.4, 0.5) is 24.7 Å². The van der Waals surface area contributed by atoms with E-state index in [1.807, 2.05) is 13.1 Å². The average Bonchev–Trinajstić information content (AvgIpc) is 2.97. The second-order valence-electron chi connectivity index (χ2n) is 8.31. The average molecular weight is 445 g/mol. The Morgan fingerprint density at radius 2 is 1.88 bits per heavy atom. The number of aromatic nitrogens is 3. The van der Waals surface area contributed by atoms with Gasteiger partial charge in [-0.2, -0.15) is 18.3 Å². The molecule has 32 heavy (non-hydrogen) atoms. The summed E-state index contributed by atoms with van der Waals surface area (Å²) >= 11 is 0. The van der Waals surface area contributed by atoms with E-state index in [1.54, 1.807) is 6.07 Å². The molecular weight excluding hydrogens is 417 g/mol. The Morgan fingerprint density at radius 3 is 2.66 bits per heavy atom. The third-order valence-electron chi connectivity index (χ3n) is 6.05. The molecule has 0 aliphatic carbocycles. The van der Waals surface area contributed by atoms with Crippen LogP contribution < -0.4 is 10.2 Å². The lowest BCUT2D eigenvalue weighted by molar-refractivity contribution is -0.138. The number of benzene rings is 1. The molecule has 0 bridgehead atoms. The molecule has 0 atom stereocenters. The van der Waals surface area contributed by atoms with Crippen molar-refractivity contribution in [3.8, 4) is 0 Å². The molecule has 0 radical (unpaired) electrons. The maximum absolute atomic E-state index is 13.3. The first-order valence-corrected chi connectivity index (χ1v) is 10.7. The van der Waals surface area contributed by atoms with E-state index >= 15 is 0 Å². The number of nitrogens with zero attached hydrogens (tertiary/aromatic N) is 5. The molecule has 4 rings (SSSR count). The Hall–Kier alpha value is -2.94. The lowest BCUT2D eigenvalue weighted by Crippen LogP contribution is -2.28. The molecule has 1 saturated heterocycles. The van der Waals surface area contributed by atoms with Crippen LogP contribution in [0.1, 0.15) is 28.8 Å². The molecule has 2 aromatic heterocycles. The molecule has 1 N–H and O–H groups in total. The predicted molar refractivity (Wildman–Crippen MR) is 120 cm³/mol. The number of anilines is 2. The van der Waals surface area contributed by atoms with Gasteiger partial charge in [0, 0.05) is 31.6 Å². The smallest absolute Gasteiger partial charge is 0.369 e. The monoisotopic (exact) mass is 444 g/mol. The van der Waals surface area contributed by atoms with Gasteiger partial charge in [-0.25, -0.2) is 0 Å². The molecule has 6 nitrogen and oxygen atoms in total. The molecule has 1 aromatic carbocycles. The molecule has 1 aliphatic rings. The highest BCUT2D eigenvalue weighted by molar-refractivity contribution is 5.92. The van der Waals surface area contributed by atoms with Crippen LogP contribution in [0.5, 0.6) is 0 Å². The fourth-order valence-electron chi connectivity index (χ4n) is 4.12. The number of alkyl halides is 3. The minimum atomic E-state index is -4.38. The third kappa shape index (κ3) is 4.62. The quantitative estimate of drug-likeness (QED) is 0.643. The van der Waals surface area contributed by atoms with Crippen molar-refractivity contribution >= 4 is 22.4 Å². The summed E-state index contributed by atoms with van der Waals surface area (Å²) in [5.74, 6) is 0.517. The summed E-state index contributed by atoms with van der Waals surface area (Å²) in [6.07, 6.45) is -1.44. The fourth-order valence-corrected chi connectivity index (χ4v) is 4.12. The van der Waals surface area contributed by atoms with Gasteiger partial charge in [0.25, 0.3) is 0 Å². The molecule has 3 aromatic rings. The van der Waals surface area contributed by atoms with Gasteiger partial charge in [-0.3, -0.25) is 4.98 Å². The number of hydrogen-bond acceptors (Lipinski definition) is 6. The standard InChI is InChI=1S/C23H27F3N6/c1-15-17(6-4-7-20(15)23(24,25)26)13-28-22-19-12-18(14-27-21(19)16(2)29-30-22)32-9-5-8-31(3)10-11-32/h4,6-7,12,14H,5,8-11,13H2,1-3H3,(H,28,30). The Kier molecular flexibility index (Phi) is 6.19. The Morgan fingerprint density at radius 1 is 1.06 bits per heavy atom. The number of likely N-dealkylation sites (N-methyl/N-ethyl adjacent to an activating group) is 1. The number of pyridine rings is 1. The lowest BCUT2D eigenvalue weighted by Gasteiger charge is -2.23. The van der Waals surface area contributed by atoms with Crippen LogP contribution in [0, 0.1) is 13.8 Å². The van der Waals surface area contributed by atoms with Crippen molar-refractivity contribution in [1.82, 2.24) is 20.1 Å². The maximum Gasteiger partial charge on any atom is 0.416 e. The van der Waals surface area contributed by atoms with Crippen LogP contribution in [0.15, 0.2) is 30.5 Å². The summed E-state index contributed by atoms with van der Waals surface area (Å²) in [5.41, 5.74) is 2.62. The molecule has 9 heteroatoms. The Balaban J connectivity index is 1.64. The highest BCUT2D eigenvalue weighted by Gasteiger charge is 2.32. The molecule has 0 saturated carbocycles. The summed E-state index contributed by atoms with van der Waals surface area (Å²) in [7, 11) is 2.12. The molecule has 3 heterocycles. The summed E-state index contributed by atoms with van der Waals surface area (Å²) in [6.45, 7) is 7.45. The summed E-state index contributed by atoms with van der Waals surface area (Å²) in [5, 5.41) is 12.5. The van der Waals surface area contributed by atoms with Crippen LogP contribution in [-0.2, 0) is 12.7 Å². The second-order valence-corrected chi connectivity index (χ2v) is 8.31. The van der Waals surface area contributed by atoms with E-state index in [9.17, 15) is 13.2 Å². The lowest BCUT2D eigenvalue weighted by atomic mass is 10.0. The van der Waals surface area contributed by atoms with Crippen LogP contribution in [0.25, 0.3) is 10.9 Å². The number of rotatable bonds is 4. The Bertz CT molecular complexity index is 1110. The predicted octanol–water partition coefficient (Wildman–Crippen LogP) is 4.41. The van der Waals surface area contributed by atoms with Crippen LogP contribution in [0.3, 0.4) is 0 Å². The van der Waals surface area contributed by atoms with Gasteiger partial charge in [0.15, 0.2) is 5.82 Å². The van der Waals surface area contributed by atoms with Gasteiger partial charge >= 0.3 is 6.18 Å². The molecule has 170 valence electrons. The number of nitrogens with one attached hydrogen (secondary N) is 1. The van der Waals surface area contributed by atoms with Gasteiger partial charge < -0.3 is 15.1 Å². The van der Waals surface area contributed by atoms with Gasteiger partial charge in [-0.1, -0.05) is 12.1 Å². The fraction of sp³-hybridized carbons (Fsp3) is 0.435. The van der Waals surface area contributed by atoms with Crippen molar-refractivity contribution in [2.24, 2.45) is 0 Å². The van der Waals surface area contributed by atoms with Crippen molar-refractivity contribution < 1.29 is 13.2 Å². The number of hydrogen-bond donors (Lipinski definition) is 1. The van der Waals surface area contributed by atoms with Crippen LogP contribution in [-0.4, -0.2) is 53.3 Å². The van der Waals surface area contributed by atoms with Crippen molar-refractivity contribution in [3.05, 3.63) is 52.8 Å². The van der Waals surface area contributed by atoms with E-state index in [4.69, 9.17) is 0 Å². The summed E-state index contributed by atoms with van der Waals surface area (Å²) in [4.78, 5) is 9.26. The molecule has 0 amide bonds. The third-order valence-corrected chi connectivity index (χ3v) is 6.05. The summed E-state index contributed by atoms with van der Waals surface area (Å²) < 4.78 is 39.8. The highest BCUT2D eigenvalue weighted by Crippen LogP contribution is 2.33. The van der Waals surface area contributed by atoms with E-state index in [1.165, 1.54) is 13.0 Å². The van der Waals surface area contributed by atoms with E-state index in [-0.39, 0.29) is 12.1 Å². The normalized spacial score (nSPS) is 15.8. The molecule has 0 unspecified atom stereocenters. The SMILES string of the molecule is Cc1c(CNc2nnc(C)c3ncc(N4CCCN(C)CC4)cc23)cccc1C(F)(F)F. The zero-order valence-corrected chi connectivity index (χ0v) is 18.5. The molecule has 1 aliphatic heterocycles. The molecule has 1 fully saturated rings. The molecular formula is C23H27F3N6. The maximum atomic E-state index is 13.3. The first-order chi connectivity index (χ1) is 15.2. The van der Waals surface area contributed by atoms with Gasteiger partial charge in [0.05, 0.1) is 28.7 Å². The number of halogens is 3. The first-order valence-electron chi connectivity index (χ1n) is 10.7. The van der Waals surface area contributed by atoms with Gasteiger partial charge in [0.1, 0.15) is 0 Å². The van der Waals surface area contributed by atoms with Crippen molar-refractivity contribution in [2.75, 3.05) is 43.4 Å². The number of fused-ring (bicyclic) bond motifs is 1. The van der Waals surface area contributed by atoms with E-state index in [0.29, 0.717) is 17.1 Å². The van der Waals surface area contributed by atoms with Crippen LogP contribution >= 0.6 is 0 Å². The largest absolute Gasteiger partial charge is 0.416 e. The molecule has 0 spiro atoms. The van der Waals surface area contributed by atoms with Gasteiger partial charge in [-0.05, 0) is 57.1 Å². The van der Waals surface area contributed by atoms with E-state index < -0.39 is 11.7 Å². The van der Waals surface area contributed by atoms with E-state index in [0.717, 1.165) is 55.3 Å². The van der Waals surface area contributed by atoms with Crippen molar-refractivity contribution in [2.45, 2.75) is 33.0 Å². The first kappa shape index (κ1) is 22.3. The van der Waals surface area contributed by atoms with Gasteiger partial charge in [0.2, 0.25) is 0 Å². The van der Waals surface area contributed by atoms with Crippen LogP contribution in [0.2, 0.25) is 0 Å².